The second kappa shape index (κ2) is 12.1. The standard InChI is InChI=1S/C40H69NO7/c1-11-45-34(36(6,7)43)26-20-24(2)31-32(47-26)33(42)38(9)28-13-12-27-35(4,5)29(48-30-21-41(18-19-46-30)25(3)22-44-10)14-15-39(27)23-40(28,39)17-16-37(31,38)8/h24-34,42-43H,11-23H2,1-10H3/t24-,25+,26?,27+,28?,29+,30+,31+,32?,33+,34+,37-,38-,39-,40?/m1/s1. The van der Waals surface area contributed by atoms with Crippen LogP contribution in [0.3, 0.4) is 0 Å². The molecular weight excluding hydrogens is 606 g/mol. The first-order valence-corrected chi connectivity index (χ1v) is 19.7. The van der Waals surface area contributed by atoms with E-state index in [9.17, 15) is 10.2 Å². The molecule has 2 heterocycles. The molecule has 5 saturated carbocycles. The van der Waals surface area contributed by atoms with Crippen LogP contribution in [0.15, 0.2) is 0 Å². The molecule has 8 nitrogen and oxygen atoms in total. The molecule has 7 rings (SSSR count). The van der Waals surface area contributed by atoms with Crippen molar-refractivity contribution in [1.29, 1.82) is 0 Å². The van der Waals surface area contributed by atoms with Crippen molar-refractivity contribution in [1.82, 2.24) is 4.90 Å². The third-order valence-electron chi connectivity index (χ3n) is 16.6. The lowest BCUT2D eigenvalue weighted by Crippen LogP contribution is -2.60. The first-order valence-electron chi connectivity index (χ1n) is 19.7. The van der Waals surface area contributed by atoms with E-state index in [-0.39, 0.29) is 40.8 Å². The molecule has 2 aliphatic heterocycles. The predicted molar refractivity (Wildman–Crippen MR) is 185 cm³/mol. The van der Waals surface area contributed by atoms with Crippen molar-refractivity contribution in [3.8, 4) is 0 Å². The first-order chi connectivity index (χ1) is 22.5. The normalized spacial score (nSPS) is 51.1. The van der Waals surface area contributed by atoms with Crippen LogP contribution >= 0.6 is 0 Å². The summed E-state index contributed by atoms with van der Waals surface area (Å²) < 4.78 is 31.7. The fraction of sp³-hybridized carbons (Fsp3) is 1.00. The van der Waals surface area contributed by atoms with E-state index >= 15 is 0 Å². The molecular formula is C40H69NO7. The highest BCUT2D eigenvalue weighted by molar-refractivity contribution is 5.33. The molecule has 0 amide bonds. The average molecular weight is 676 g/mol. The van der Waals surface area contributed by atoms with Crippen LogP contribution < -0.4 is 0 Å². The summed E-state index contributed by atoms with van der Waals surface area (Å²) in [6, 6.07) is 0.356. The van der Waals surface area contributed by atoms with E-state index < -0.39 is 17.8 Å². The summed E-state index contributed by atoms with van der Waals surface area (Å²) in [4.78, 5) is 2.45. The fourth-order valence-corrected chi connectivity index (χ4v) is 14.3. The van der Waals surface area contributed by atoms with E-state index in [0.717, 1.165) is 39.0 Å². The van der Waals surface area contributed by atoms with Crippen LogP contribution in [0.2, 0.25) is 0 Å². The Balaban J connectivity index is 1.11. The van der Waals surface area contributed by atoms with E-state index in [1.54, 1.807) is 7.11 Å². The van der Waals surface area contributed by atoms with Crippen molar-refractivity contribution in [2.75, 3.05) is 40.0 Å². The minimum absolute atomic E-state index is 0.0177. The Labute approximate surface area is 291 Å². The van der Waals surface area contributed by atoms with E-state index in [0.29, 0.717) is 53.8 Å². The summed E-state index contributed by atoms with van der Waals surface area (Å²) >= 11 is 0. The lowest BCUT2D eigenvalue weighted by atomic mass is 9.41. The van der Waals surface area contributed by atoms with Gasteiger partial charge in [0.25, 0.3) is 0 Å². The van der Waals surface area contributed by atoms with Gasteiger partial charge in [-0.3, -0.25) is 4.90 Å². The lowest BCUT2D eigenvalue weighted by Gasteiger charge is -2.64. The number of hydrogen-bond donors (Lipinski definition) is 2. The van der Waals surface area contributed by atoms with Gasteiger partial charge in [-0.1, -0.05) is 34.6 Å². The van der Waals surface area contributed by atoms with Gasteiger partial charge in [0, 0.05) is 38.3 Å². The largest absolute Gasteiger partial charge is 0.390 e. The molecule has 276 valence electrons. The maximum Gasteiger partial charge on any atom is 0.170 e. The van der Waals surface area contributed by atoms with Gasteiger partial charge in [0.15, 0.2) is 6.29 Å². The minimum atomic E-state index is -1.01. The van der Waals surface area contributed by atoms with Crippen LogP contribution in [0.4, 0.5) is 0 Å². The maximum atomic E-state index is 12.6. The molecule has 4 unspecified atom stereocenters. The van der Waals surface area contributed by atoms with Crippen LogP contribution in [-0.2, 0) is 23.7 Å². The third kappa shape index (κ3) is 4.95. The van der Waals surface area contributed by atoms with Gasteiger partial charge in [0.2, 0.25) is 0 Å². The molecule has 48 heavy (non-hydrogen) atoms. The van der Waals surface area contributed by atoms with Crippen molar-refractivity contribution >= 4 is 0 Å². The molecule has 0 aromatic rings. The summed E-state index contributed by atoms with van der Waals surface area (Å²) in [7, 11) is 1.78. The zero-order chi connectivity index (χ0) is 34.7. The molecule has 7 aliphatic rings. The number of nitrogens with zero attached hydrogens (tertiary/aromatic N) is 1. The molecule has 2 spiro atoms. The summed E-state index contributed by atoms with van der Waals surface area (Å²) in [6.45, 7) is 23.9. The van der Waals surface area contributed by atoms with Crippen molar-refractivity contribution < 1.29 is 33.9 Å². The Hall–Kier alpha value is -0.320. The summed E-state index contributed by atoms with van der Waals surface area (Å²) in [5, 5.41) is 23.7. The Morgan fingerprint density at radius 1 is 1.02 bits per heavy atom. The van der Waals surface area contributed by atoms with Crippen LogP contribution in [0.1, 0.15) is 114 Å². The Bertz CT molecular complexity index is 1190. The Kier molecular flexibility index (Phi) is 9.10. The molecule has 2 N–H and O–H groups in total. The van der Waals surface area contributed by atoms with Crippen LogP contribution in [-0.4, -0.2) is 104 Å². The summed E-state index contributed by atoms with van der Waals surface area (Å²) in [5.74, 6) is 1.82. The van der Waals surface area contributed by atoms with Gasteiger partial charge in [-0.15, -0.1) is 0 Å². The molecule has 7 fully saturated rings. The highest BCUT2D eigenvalue weighted by atomic mass is 16.7. The lowest BCUT2D eigenvalue weighted by molar-refractivity contribution is -0.251. The van der Waals surface area contributed by atoms with Crippen molar-refractivity contribution in [3.05, 3.63) is 0 Å². The zero-order valence-corrected chi connectivity index (χ0v) is 31.9. The molecule has 0 bridgehead atoms. The Morgan fingerprint density at radius 2 is 1.73 bits per heavy atom. The number of hydrogen-bond acceptors (Lipinski definition) is 8. The van der Waals surface area contributed by atoms with Crippen molar-refractivity contribution in [3.63, 3.8) is 0 Å². The van der Waals surface area contributed by atoms with Gasteiger partial charge < -0.3 is 33.9 Å². The number of methoxy groups -OCH3 is 1. The number of morpholine rings is 1. The number of ether oxygens (including phenoxy) is 5. The second-order valence-electron chi connectivity index (χ2n) is 19.3. The number of rotatable bonds is 9. The maximum absolute atomic E-state index is 12.6. The third-order valence-corrected chi connectivity index (χ3v) is 16.6. The number of aliphatic hydroxyl groups excluding tert-OH is 1. The quantitative estimate of drug-likeness (QED) is 0.305. The molecule has 2 saturated heterocycles. The zero-order valence-electron chi connectivity index (χ0n) is 31.9. The average Bonchev–Trinajstić information content (AvgIpc) is 3.65. The van der Waals surface area contributed by atoms with Crippen molar-refractivity contribution in [2.45, 2.75) is 162 Å². The molecule has 5 aliphatic carbocycles. The second-order valence-corrected chi connectivity index (χ2v) is 19.3. The molecule has 8 heteroatoms. The number of fused-ring (bicyclic) bond motifs is 4. The van der Waals surface area contributed by atoms with Gasteiger partial charge >= 0.3 is 0 Å². The highest BCUT2D eigenvalue weighted by Gasteiger charge is 2.84. The van der Waals surface area contributed by atoms with Gasteiger partial charge in [-0.25, -0.2) is 0 Å². The van der Waals surface area contributed by atoms with E-state index in [1.165, 1.54) is 32.1 Å². The topological polar surface area (TPSA) is 89.9 Å². The molecule has 0 radical (unpaired) electrons. The van der Waals surface area contributed by atoms with Gasteiger partial charge in [-0.05, 0) is 124 Å². The molecule has 0 aromatic heterocycles. The monoisotopic (exact) mass is 676 g/mol. The van der Waals surface area contributed by atoms with Gasteiger partial charge in [0.1, 0.15) is 6.10 Å². The van der Waals surface area contributed by atoms with Gasteiger partial charge in [0.05, 0.1) is 43.2 Å². The fourth-order valence-electron chi connectivity index (χ4n) is 14.3. The van der Waals surface area contributed by atoms with Crippen LogP contribution in [0, 0.1) is 50.7 Å². The summed E-state index contributed by atoms with van der Waals surface area (Å²) in [6.07, 6.45) is 7.95. The van der Waals surface area contributed by atoms with Crippen LogP contribution in [0.5, 0.6) is 0 Å². The minimum Gasteiger partial charge on any atom is -0.390 e. The van der Waals surface area contributed by atoms with Gasteiger partial charge in [-0.2, -0.15) is 0 Å². The Morgan fingerprint density at radius 3 is 2.42 bits per heavy atom. The van der Waals surface area contributed by atoms with E-state index in [1.807, 2.05) is 20.8 Å². The van der Waals surface area contributed by atoms with E-state index in [2.05, 4.69) is 46.4 Å². The first kappa shape index (κ1) is 36.1. The molecule has 0 aromatic carbocycles. The predicted octanol–water partition coefficient (Wildman–Crippen LogP) is 6.05. The summed E-state index contributed by atoms with van der Waals surface area (Å²) in [5.41, 5.74) is -0.484. The molecule has 15 atom stereocenters. The van der Waals surface area contributed by atoms with E-state index in [4.69, 9.17) is 23.7 Å². The van der Waals surface area contributed by atoms with Crippen LogP contribution in [0.25, 0.3) is 0 Å². The smallest absolute Gasteiger partial charge is 0.170 e. The van der Waals surface area contributed by atoms with Crippen molar-refractivity contribution in [2.24, 2.45) is 50.7 Å². The number of aliphatic hydroxyl groups is 2. The highest BCUT2D eigenvalue weighted by Crippen LogP contribution is 2.89. The SMILES string of the molecule is CCO[C@@H](C1C[C@@H](C)[C@H]2C(O1)[C@H](O)[C@@]1(C)C3CC[C@H]4C(C)(C)[C@@H](O[C@H]5CN([C@@H](C)COC)CCO5)CC[C@@]45CC35CC[C@]21C)C(C)(C)O.